The number of guanidine groups is 1. The van der Waals surface area contributed by atoms with Crippen LogP contribution in [0.25, 0.3) is 0 Å². The van der Waals surface area contributed by atoms with Crippen molar-refractivity contribution in [1.82, 2.24) is 10.6 Å². The number of nitrogens with one attached hydrogen (secondary N) is 2. The Morgan fingerprint density at radius 1 is 1.16 bits per heavy atom. The molecule has 0 bridgehead atoms. The van der Waals surface area contributed by atoms with Gasteiger partial charge in [0.2, 0.25) is 0 Å². The summed E-state index contributed by atoms with van der Waals surface area (Å²) in [5.41, 5.74) is 1.40. The molecule has 1 saturated carbocycles. The maximum absolute atomic E-state index is 4.24. The molecule has 0 radical (unpaired) electrons. The minimum absolute atomic E-state index is 0.939. The topological polar surface area (TPSA) is 36.4 Å². The molecule has 19 heavy (non-hydrogen) atoms. The molecule has 1 fully saturated rings. The molecule has 0 aliphatic heterocycles. The fourth-order valence-corrected chi connectivity index (χ4v) is 2.17. The van der Waals surface area contributed by atoms with Crippen molar-refractivity contribution in [2.75, 3.05) is 20.1 Å². The van der Waals surface area contributed by atoms with Crippen LogP contribution in [0.15, 0.2) is 35.3 Å². The van der Waals surface area contributed by atoms with E-state index in [0.29, 0.717) is 0 Å². The van der Waals surface area contributed by atoms with E-state index in [9.17, 15) is 0 Å². The molecule has 2 rings (SSSR count). The van der Waals surface area contributed by atoms with Crippen molar-refractivity contribution in [2.24, 2.45) is 10.9 Å². The number of hydrogen-bond acceptors (Lipinski definition) is 1. The number of nitrogens with zero attached hydrogens (tertiary/aromatic N) is 1. The van der Waals surface area contributed by atoms with Crippen molar-refractivity contribution in [3.8, 4) is 0 Å². The van der Waals surface area contributed by atoms with Gasteiger partial charge >= 0.3 is 0 Å². The van der Waals surface area contributed by atoms with Gasteiger partial charge in [0.1, 0.15) is 0 Å². The van der Waals surface area contributed by atoms with E-state index in [4.69, 9.17) is 0 Å². The molecular formula is C16H25N3. The molecule has 1 aromatic rings. The van der Waals surface area contributed by atoms with Gasteiger partial charge in [0, 0.05) is 20.1 Å². The SMILES string of the molecule is CN=C(NCCCc1ccccc1)NCCC1CC1. The highest BCUT2D eigenvalue weighted by Gasteiger charge is 2.20. The summed E-state index contributed by atoms with van der Waals surface area (Å²) in [5.74, 6) is 1.91. The van der Waals surface area contributed by atoms with Crippen LogP contribution in [0.2, 0.25) is 0 Å². The van der Waals surface area contributed by atoms with Crippen LogP contribution in [0.1, 0.15) is 31.2 Å². The number of hydrogen-bond donors (Lipinski definition) is 2. The summed E-state index contributed by atoms with van der Waals surface area (Å²) >= 11 is 0. The first-order valence-corrected chi connectivity index (χ1v) is 7.37. The highest BCUT2D eigenvalue weighted by molar-refractivity contribution is 5.79. The average molecular weight is 259 g/mol. The Bertz CT molecular complexity index is 382. The first-order valence-electron chi connectivity index (χ1n) is 7.37. The van der Waals surface area contributed by atoms with Crippen molar-refractivity contribution < 1.29 is 0 Å². The van der Waals surface area contributed by atoms with Gasteiger partial charge in [-0.25, -0.2) is 0 Å². The zero-order chi connectivity index (χ0) is 13.3. The second-order valence-corrected chi connectivity index (χ2v) is 5.25. The monoisotopic (exact) mass is 259 g/mol. The van der Waals surface area contributed by atoms with Crippen LogP contribution in [0.4, 0.5) is 0 Å². The van der Waals surface area contributed by atoms with E-state index in [1.54, 1.807) is 0 Å². The normalized spacial score (nSPS) is 15.3. The molecule has 0 heterocycles. The van der Waals surface area contributed by atoms with Crippen LogP contribution in [-0.4, -0.2) is 26.1 Å². The predicted octanol–water partition coefficient (Wildman–Crippen LogP) is 2.58. The molecule has 1 aliphatic carbocycles. The first kappa shape index (κ1) is 13.9. The Hall–Kier alpha value is -1.51. The minimum Gasteiger partial charge on any atom is -0.356 e. The highest BCUT2D eigenvalue weighted by Crippen LogP contribution is 2.31. The Balaban J connectivity index is 1.55. The Labute approximate surface area is 116 Å². The second kappa shape index (κ2) is 7.82. The summed E-state index contributed by atoms with van der Waals surface area (Å²) in [6.07, 6.45) is 6.38. The summed E-state index contributed by atoms with van der Waals surface area (Å²) < 4.78 is 0. The standard InChI is InChI=1S/C16H25N3/c1-17-16(19-13-11-15-9-10-15)18-12-5-8-14-6-3-2-4-7-14/h2-4,6-7,15H,5,8-13H2,1H3,(H2,17,18,19). The van der Waals surface area contributed by atoms with E-state index >= 15 is 0 Å². The molecule has 1 aromatic carbocycles. The van der Waals surface area contributed by atoms with Gasteiger partial charge in [-0.05, 0) is 30.7 Å². The van der Waals surface area contributed by atoms with E-state index in [-0.39, 0.29) is 0 Å². The fourth-order valence-electron chi connectivity index (χ4n) is 2.17. The van der Waals surface area contributed by atoms with Crippen LogP contribution >= 0.6 is 0 Å². The molecule has 2 N–H and O–H groups in total. The number of benzene rings is 1. The van der Waals surface area contributed by atoms with Crippen molar-refractivity contribution in [2.45, 2.75) is 32.1 Å². The smallest absolute Gasteiger partial charge is 0.190 e. The number of rotatable bonds is 7. The molecule has 0 amide bonds. The highest BCUT2D eigenvalue weighted by atomic mass is 15.2. The first-order chi connectivity index (χ1) is 9.38. The summed E-state index contributed by atoms with van der Waals surface area (Å²) in [6, 6.07) is 10.6. The van der Waals surface area contributed by atoms with Gasteiger partial charge in [0.25, 0.3) is 0 Å². The summed E-state index contributed by atoms with van der Waals surface area (Å²) in [6.45, 7) is 2.01. The summed E-state index contributed by atoms with van der Waals surface area (Å²) in [5, 5.41) is 6.75. The van der Waals surface area contributed by atoms with Crippen LogP contribution in [0.3, 0.4) is 0 Å². The molecule has 104 valence electrons. The van der Waals surface area contributed by atoms with Gasteiger partial charge < -0.3 is 10.6 Å². The fraction of sp³-hybridized carbons (Fsp3) is 0.562. The molecule has 0 atom stereocenters. The molecule has 0 unspecified atom stereocenters. The molecule has 0 aromatic heterocycles. The lowest BCUT2D eigenvalue weighted by molar-refractivity contribution is 0.678. The van der Waals surface area contributed by atoms with Crippen LogP contribution in [0, 0.1) is 5.92 Å². The molecule has 1 aliphatic rings. The number of aliphatic imine (C=N–C) groups is 1. The summed E-state index contributed by atoms with van der Waals surface area (Å²) in [7, 11) is 1.84. The van der Waals surface area contributed by atoms with E-state index < -0.39 is 0 Å². The van der Waals surface area contributed by atoms with Gasteiger partial charge in [-0.1, -0.05) is 43.2 Å². The molecule has 3 nitrogen and oxygen atoms in total. The van der Waals surface area contributed by atoms with E-state index in [0.717, 1.165) is 37.8 Å². The predicted molar refractivity (Wildman–Crippen MR) is 81.5 cm³/mol. The third-order valence-electron chi connectivity index (χ3n) is 3.54. The average Bonchev–Trinajstić information content (AvgIpc) is 3.27. The number of aryl methyl sites for hydroxylation is 1. The quantitative estimate of drug-likeness (QED) is 0.448. The van der Waals surface area contributed by atoms with E-state index in [2.05, 4.69) is 46.0 Å². The van der Waals surface area contributed by atoms with Gasteiger partial charge in [-0.3, -0.25) is 4.99 Å². The lowest BCUT2D eigenvalue weighted by atomic mass is 10.1. The van der Waals surface area contributed by atoms with Crippen LogP contribution in [0.5, 0.6) is 0 Å². The van der Waals surface area contributed by atoms with Gasteiger partial charge in [-0.2, -0.15) is 0 Å². The van der Waals surface area contributed by atoms with Gasteiger partial charge in [0.15, 0.2) is 5.96 Å². The lowest BCUT2D eigenvalue weighted by Crippen LogP contribution is -2.38. The third kappa shape index (κ3) is 5.77. The molecule has 0 saturated heterocycles. The zero-order valence-electron chi connectivity index (χ0n) is 11.9. The maximum Gasteiger partial charge on any atom is 0.190 e. The molecule has 3 heteroatoms. The maximum atomic E-state index is 4.24. The van der Waals surface area contributed by atoms with Gasteiger partial charge in [-0.15, -0.1) is 0 Å². The van der Waals surface area contributed by atoms with Crippen molar-refractivity contribution in [3.63, 3.8) is 0 Å². The van der Waals surface area contributed by atoms with Crippen LogP contribution in [-0.2, 0) is 6.42 Å². The van der Waals surface area contributed by atoms with Crippen molar-refractivity contribution in [3.05, 3.63) is 35.9 Å². The Kier molecular flexibility index (Phi) is 5.73. The summed E-state index contributed by atoms with van der Waals surface area (Å²) in [4.78, 5) is 4.24. The van der Waals surface area contributed by atoms with E-state index in [1.807, 2.05) is 7.05 Å². The Morgan fingerprint density at radius 3 is 2.58 bits per heavy atom. The third-order valence-corrected chi connectivity index (χ3v) is 3.54. The molecular weight excluding hydrogens is 234 g/mol. The van der Waals surface area contributed by atoms with Crippen molar-refractivity contribution >= 4 is 5.96 Å². The zero-order valence-corrected chi connectivity index (χ0v) is 11.9. The largest absolute Gasteiger partial charge is 0.356 e. The second-order valence-electron chi connectivity index (χ2n) is 5.25. The van der Waals surface area contributed by atoms with Gasteiger partial charge in [0.05, 0.1) is 0 Å². The van der Waals surface area contributed by atoms with Crippen LogP contribution < -0.4 is 10.6 Å². The lowest BCUT2D eigenvalue weighted by Gasteiger charge is -2.11. The minimum atomic E-state index is 0.939. The van der Waals surface area contributed by atoms with Crippen molar-refractivity contribution in [1.29, 1.82) is 0 Å². The van der Waals surface area contributed by atoms with E-state index in [1.165, 1.54) is 24.8 Å². The molecule has 0 spiro atoms. The Morgan fingerprint density at radius 2 is 1.89 bits per heavy atom.